The Morgan fingerprint density at radius 3 is 2.13 bits per heavy atom. The minimum absolute atomic E-state index is 0.155. The van der Waals surface area contributed by atoms with Gasteiger partial charge in [-0.2, -0.15) is 0 Å². The molecule has 2 N–H and O–H groups in total. The maximum atomic E-state index is 14.7. The molecule has 3 aromatic rings. The molecule has 0 radical (unpaired) electrons. The molecular weight excluding hydrogens is 510 g/mol. The summed E-state index contributed by atoms with van der Waals surface area (Å²) < 4.78 is 29.4. The van der Waals surface area contributed by atoms with Crippen molar-refractivity contribution in [3.8, 4) is 28.0 Å². The van der Waals surface area contributed by atoms with Crippen molar-refractivity contribution < 1.29 is 18.7 Å². The van der Waals surface area contributed by atoms with E-state index in [0.717, 1.165) is 13.1 Å². The van der Waals surface area contributed by atoms with Gasteiger partial charge in [0, 0.05) is 63.8 Å². The number of phenolic OH excluding ortho intramolecular Hbond substituents is 1. The number of halogens is 3. The fourth-order valence-electron chi connectivity index (χ4n) is 4.13. The summed E-state index contributed by atoms with van der Waals surface area (Å²) in [5.41, 5.74) is 2.27. The molecule has 0 atom stereocenters. The van der Waals surface area contributed by atoms with Gasteiger partial charge in [-0.3, -0.25) is 9.69 Å². The molecular formula is C29H33ClF2N4O2. The molecule has 1 aliphatic heterocycles. The van der Waals surface area contributed by atoms with Crippen LogP contribution in [0.5, 0.6) is 5.75 Å². The van der Waals surface area contributed by atoms with Gasteiger partial charge in [0.05, 0.1) is 16.4 Å². The second-order valence-electron chi connectivity index (χ2n) is 8.69. The van der Waals surface area contributed by atoms with E-state index >= 15 is 0 Å². The maximum Gasteiger partial charge on any atom is 0.218 e. The van der Waals surface area contributed by atoms with E-state index in [1.54, 1.807) is 41.6 Å². The highest BCUT2D eigenvalue weighted by Crippen LogP contribution is 2.42. The number of hydrogen-bond donors (Lipinski definition) is 2. The van der Waals surface area contributed by atoms with Crippen LogP contribution in [0.25, 0.3) is 22.3 Å². The van der Waals surface area contributed by atoms with E-state index in [1.165, 1.54) is 29.2 Å². The summed E-state index contributed by atoms with van der Waals surface area (Å²) in [4.78, 5) is 16.6. The van der Waals surface area contributed by atoms with E-state index < -0.39 is 5.82 Å². The average Bonchev–Trinajstić information content (AvgIpc) is 2.92. The van der Waals surface area contributed by atoms with Crippen LogP contribution in [-0.4, -0.2) is 56.7 Å². The van der Waals surface area contributed by atoms with Crippen molar-refractivity contribution in [1.29, 1.82) is 0 Å². The van der Waals surface area contributed by atoms with Crippen LogP contribution < -0.4 is 15.1 Å². The van der Waals surface area contributed by atoms with Gasteiger partial charge in [-0.05, 0) is 47.5 Å². The third-order valence-corrected chi connectivity index (χ3v) is 6.27. The molecule has 4 rings (SSSR count). The minimum atomic E-state index is -0.561. The second-order valence-corrected chi connectivity index (χ2v) is 9.10. The van der Waals surface area contributed by atoms with E-state index in [2.05, 4.69) is 5.32 Å². The van der Waals surface area contributed by atoms with Gasteiger partial charge in [-0.25, -0.2) is 8.78 Å². The second kappa shape index (κ2) is 13.3. The standard InChI is InChI=1S/C27H27ClF2N4O2.C2H6/c1-32(2)11-12-34(17-35)25-6-4-18(13-23(25)28)21-15-20(29)16-22(27(21)36)19-3-5-24(30)26(14-19)33-9-7-31-8-10-33;1-2/h3-6,11-17,31,36H,7-10H2,1-2H3;1-2H3/b12-11-;. The summed E-state index contributed by atoms with van der Waals surface area (Å²) in [5.74, 6) is -1.09. The SMILES string of the molecule is CC.CN(C)/C=C\N(C=O)c1ccc(-c2cc(F)cc(-c3ccc(F)c(N4CCNCC4)c3)c2O)cc1Cl. The molecule has 0 saturated carbocycles. The molecule has 202 valence electrons. The Morgan fingerprint density at radius 2 is 1.55 bits per heavy atom. The summed E-state index contributed by atoms with van der Waals surface area (Å²) in [5, 5.41) is 14.6. The Kier molecular flexibility index (Phi) is 10.1. The number of carbonyl (C=O) groups is 1. The van der Waals surface area contributed by atoms with Gasteiger partial charge in [0.25, 0.3) is 0 Å². The molecule has 1 fully saturated rings. The number of benzene rings is 3. The predicted octanol–water partition coefficient (Wildman–Crippen LogP) is 6.09. The molecule has 0 aromatic heterocycles. The van der Waals surface area contributed by atoms with Crippen LogP contribution in [0.15, 0.2) is 60.9 Å². The fourth-order valence-corrected chi connectivity index (χ4v) is 4.41. The number of phenols is 1. The molecule has 0 unspecified atom stereocenters. The van der Waals surface area contributed by atoms with Crippen LogP contribution >= 0.6 is 11.6 Å². The molecule has 6 nitrogen and oxygen atoms in total. The molecule has 1 saturated heterocycles. The molecule has 1 amide bonds. The van der Waals surface area contributed by atoms with Gasteiger partial charge < -0.3 is 20.2 Å². The number of hydrogen-bond acceptors (Lipinski definition) is 5. The van der Waals surface area contributed by atoms with Gasteiger partial charge in [0.1, 0.15) is 17.4 Å². The van der Waals surface area contributed by atoms with Crippen molar-refractivity contribution >= 4 is 29.4 Å². The number of anilines is 2. The average molecular weight is 543 g/mol. The third kappa shape index (κ3) is 6.62. The number of aromatic hydroxyl groups is 1. The van der Waals surface area contributed by atoms with Gasteiger partial charge in [-0.15, -0.1) is 0 Å². The van der Waals surface area contributed by atoms with Gasteiger partial charge in [0.2, 0.25) is 6.41 Å². The molecule has 1 heterocycles. The number of rotatable bonds is 7. The lowest BCUT2D eigenvalue weighted by atomic mass is 9.96. The Hall–Kier alpha value is -3.62. The van der Waals surface area contributed by atoms with Crippen LogP contribution in [0.1, 0.15) is 13.8 Å². The van der Waals surface area contributed by atoms with E-state index in [0.29, 0.717) is 42.0 Å². The van der Waals surface area contributed by atoms with E-state index in [4.69, 9.17) is 11.6 Å². The lowest BCUT2D eigenvalue weighted by Crippen LogP contribution is -2.43. The van der Waals surface area contributed by atoms with Gasteiger partial charge in [0.15, 0.2) is 0 Å². The lowest BCUT2D eigenvalue weighted by molar-refractivity contribution is -0.106. The number of nitrogens with zero attached hydrogens (tertiary/aromatic N) is 3. The summed E-state index contributed by atoms with van der Waals surface area (Å²) in [6, 6.07) is 11.8. The highest BCUT2D eigenvalue weighted by atomic mass is 35.5. The first-order valence-corrected chi connectivity index (χ1v) is 12.8. The monoisotopic (exact) mass is 542 g/mol. The van der Waals surface area contributed by atoms with Gasteiger partial charge >= 0.3 is 0 Å². The first kappa shape index (κ1) is 28.9. The fraction of sp³-hybridized carbons (Fsp3) is 0.276. The smallest absolute Gasteiger partial charge is 0.218 e. The Balaban J connectivity index is 0.00000195. The number of piperazine rings is 1. The zero-order valence-corrected chi connectivity index (χ0v) is 22.8. The van der Waals surface area contributed by atoms with Crippen molar-refractivity contribution in [3.63, 3.8) is 0 Å². The van der Waals surface area contributed by atoms with Crippen LogP contribution in [0.3, 0.4) is 0 Å². The van der Waals surface area contributed by atoms with Crippen LogP contribution in [0.2, 0.25) is 5.02 Å². The Bertz CT molecular complexity index is 1290. The summed E-state index contributed by atoms with van der Waals surface area (Å²) in [6.45, 7) is 6.77. The lowest BCUT2D eigenvalue weighted by Gasteiger charge is -2.30. The van der Waals surface area contributed by atoms with Crippen LogP contribution in [-0.2, 0) is 4.79 Å². The highest BCUT2D eigenvalue weighted by Gasteiger charge is 2.19. The van der Waals surface area contributed by atoms with E-state index in [9.17, 15) is 18.7 Å². The maximum absolute atomic E-state index is 14.7. The topological polar surface area (TPSA) is 59.0 Å². The van der Waals surface area contributed by atoms with Crippen molar-refractivity contribution in [2.24, 2.45) is 0 Å². The molecule has 0 bridgehead atoms. The van der Waals surface area contributed by atoms with Crippen LogP contribution in [0.4, 0.5) is 20.2 Å². The molecule has 0 spiro atoms. The number of nitrogens with one attached hydrogen (secondary N) is 1. The van der Waals surface area contributed by atoms with Gasteiger partial charge in [-0.1, -0.05) is 37.6 Å². The van der Waals surface area contributed by atoms with E-state index in [-0.39, 0.29) is 27.7 Å². The zero-order valence-electron chi connectivity index (χ0n) is 22.0. The summed E-state index contributed by atoms with van der Waals surface area (Å²) in [6.07, 6.45) is 3.89. The number of carbonyl (C=O) groups excluding carboxylic acids is 1. The molecule has 9 heteroatoms. The van der Waals surface area contributed by atoms with Crippen LogP contribution in [0, 0.1) is 11.6 Å². The molecule has 38 heavy (non-hydrogen) atoms. The minimum Gasteiger partial charge on any atom is -0.507 e. The normalized spacial score (nSPS) is 13.2. The van der Waals surface area contributed by atoms with E-state index in [1.807, 2.05) is 32.8 Å². The predicted molar refractivity (Wildman–Crippen MR) is 152 cm³/mol. The number of amides is 1. The molecule has 0 aliphatic carbocycles. The first-order chi connectivity index (χ1) is 18.3. The third-order valence-electron chi connectivity index (χ3n) is 5.97. The van der Waals surface area contributed by atoms with Crippen molar-refractivity contribution in [2.45, 2.75) is 13.8 Å². The highest BCUT2D eigenvalue weighted by molar-refractivity contribution is 6.34. The molecule has 3 aromatic carbocycles. The van der Waals surface area contributed by atoms with Crippen molar-refractivity contribution in [3.05, 3.63) is 77.6 Å². The summed E-state index contributed by atoms with van der Waals surface area (Å²) in [7, 11) is 3.64. The van der Waals surface area contributed by atoms with Crippen molar-refractivity contribution in [2.75, 3.05) is 50.1 Å². The summed E-state index contributed by atoms with van der Waals surface area (Å²) >= 11 is 6.47. The first-order valence-electron chi connectivity index (χ1n) is 12.4. The Labute approximate surface area is 227 Å². The Morgan fingerprint density at radius 1 is 0.947 bits per heavy atom. The quantitative estimate of drug-likeness (QED) is 0.354. The molecule has 1 aliphatic rings. The largest absolute Gasteiger partial charge is 0.507 e. The van der Waals surface area contributed by atoms with Crippen molar-refractivity contribution in [1.82, 2.24) is 10.2 Å². The zero-order chi connectivity index (χ0) is 27.8.